The van der Waals surface area contributed by atoms with Gasteiger partial charge in [0.15, 0.2) is 0 Å². The molecule has 3 nitrogen and oxygen atoms in total. The number of furan rings is 1. The number of hydrogen-bond acceptors (Lipinski definition) is 3. The fraction of sp³-hybridized carbons (Fsp3) is 0.133. The largest absolute Gasteiger partial charge is 0.467 e. The number of benzene rings is 1. The van der Waals surface area contributed by atoms with Crippen LogP contribution in [0.1, 0.15) is 17.4 Å². The lowest BCUT2D eigenvalue weighted by atomic mass is 9.99. The van der Waals surface area contributed by atoms with E-state index in [2.05, 4.69) is 28.5 Å². The average molecular weight is 238 g/mol. The summed E-state index contributed by atoms with van der Waals surface area (Å²) < 4.78 is 5.51. The SMILES string of the molecule is CNC(c1ccco1)c1cccc2ccncc12. The Morgan fingerprint density at radius 2 is 2.11 bits per heavy atom. The van der Waals surface area contributed by atoms with Gasteiger partial charge in [-0.05, 0) is 36.2 Å². The fourth-order valence-electron chi connectivity index (χ4n) is 2.30. The summed E-state index contributed by atoms with van der Waals surface area (Å²) in [6.07, 6.45) is 5.41. The summed E-state index contributed by atoms with van der Waals surface area (Å²) in [5.74, 6) is 0.911. The minimum absolute atomic E-state index is 0.0490. The van der Waals surface area contributed by atoms with E-state index >= 15 is 0 Å². The van der Waals surface area contributed by atoms with Crippen molar-refractivity contribution in [1.29, 1.82) is 0 Å². The molecule has 0 saturated heterocycles. The lowest BCUT2D eigenvalue weighted by Gasteiger charge is -2.16. The van der Waals surface area contributed by atoms with Crippen LogP contribution in [0.4, 0.5) is 0 Å². The Labute approximate surface area is 105 Å². The van der Waals surface area contributed by atoms with E-state index in [1.54, 1.807) is 6.26 Å². The van der Waals surface area contributed by atoms with Crippen LogP contribution in [0.3, 0.4) is 0 Å². The molecule has 0 amide bonds. The van der Waals surface area contributed by atoms with Crippen LogP contribution in [0.2, 0.25) is 0 Å². The summed E-state index contributed by atoms with van der Waals surface area (Å²) in [5.41, 5.74) is 1.18. The fourth-order valence-corrected chi connectivity index (χ4v) is 2.30. The second-order valence-electron chi connectivity index (χ2n) is 4.18. The summed E-state index contributed by atoms with van der Waals surface area (Å²) in [6.45, 7) is 0. The maximum absolute atomic E-state index is 5.51. The molecule has 3 aromatic rings. The molecule has 18 heavy (non-hydrogen) atoms. The number of rotatable bonds is 3. The molecule has 90 valence electrons. The summed E-state index contributed by atoms with van der Waals surface area (Å²) in [6, 6.07) is 12.2. The van der Waals surface area contributed by atoms with Gasteiger partial charge in [-0.25, -0.2) is 0 Å². The zero-order chi connectivity index (χ0) is 12.4. The van der Waals surface area contributed by atoms with Crippen molar-refractivity contribution in [3.8, 4) is 0 Å². The normalized spacial score (nSPS) is 12.7. The van der Waals surface area contributed by atoms with E-state index in [0.29, 0.717) is 0 Å². The van der Waals surface area contributed by atoms with Gasteiger partial charge in [0.05, 0.1) is 12.3 Å². The molecule has 0 radical (unpaired) electrons. The molecule has 1 unspecified atom stereocenters. The Kier molecular flexibility index (Phi) is 2.82. The molecule has 1 aromatic carbocycles. The Hall–Kier alpha value is -2.13. The van der Waals surface area contributed by atoms with E-state index in [0.717, 1.165) is 11.1 Å². The zero-order valence-corrected chi connectivity index (χ0v) is 10.1. The van der Waals surface area contributed by atoms with Gasteiger partial charge in [-0.15, -0.1) is 0 Å². The Morgan fingerprint density at radius 1 is 1.17 bits per heavy atom. The smallest absolute Gasteiger partial charge is 0.125 e. The first-order valence-corrected chi connectivity index (χ1v) is 5.93. The summed E-state index contributed by atoms with van der Waals surface area (Å²) in [7, 11) is 1.93. The summed E-state index contributed by atoms with van der Waals surface area (Å²) in [4.78, 5) is 4.21. The van der Waals surface area contributed by atoms with Crippen LogP contribution in [0.5, 0.6) is 0 Å². The average Bonchev–Trinajstić information content (AvgIpc) is 2.94. The lowest BCUT2D eigenvalue weighted by molar-refractivity contribution is 0.464. The molecule has 3 heteroatoms. The van der Waals surface area contributed by atoms with E-state index < -0.39 is 0 Å². The molecule has 0 spiro atoms. The summed E-state index contributed by atoms with van der Waals surface area (Å²) >= 11 is 0. The second kappa shape index (κ2) is 4.63. The van der Waals surface area contributed by atoms with Gasteiger partial charge in [0.25, 0.3) is 0 Å². The Balaban J connectivity index is 2.18. The molecular formula is C15H14N2O. The van der Waals surface area contributed by atoms with E-state index in [-0.39, 0.29) is 6.04 Å². The number of hydrogen-bond donors (Lipinski definition) is 1. The Bertz CT molecular complexity index is 641. The van der Waals surface area contributed by atoms with Crippen molar-refractivity contribution >= 4 is 10.8 Å². The highest BCUT2D eigenvalue weighted by atomic mass is 16.3. The number of nitrogens with one attached hydrogen (secondary N) is 1. The van der Waals surface area contributed by atoms with Crippen LogP contribution < -0.4 is 5.32 Å². The molecule has 0 saturated carbocycles. The zero-order valence-electron chi connectivity index (χ0n) is 10.1. The topological polar surface area (TPSA) is 38.1 Å². The standard InChI is InChI=1S/C15H14N2O/c1-16-15(14-6-3-9-18-14)12-5-2-4-11-7-8-17-10-13(11)12/h2-10,15-16H,1H3. The van der Waals surface area contributed by atoms with Crippen molar-refractivity contribution in [2.24, 2.45) is 0 Å². The van der Waals surface area contributed by atoms with Gasteiger partial charge in [0.1, 0.15) is 5.76 Å². The first kappa shape index (κ1) is 11.0. The van der Waals surface area contributed by atoms with Crippen molar-refractivity contribution in [1.82, 2.24) is 10.3 Å². The maximum atomic E-state index is 5.51. The molecular weight excluding hydrogens is 224 g/mol. The van der Waals surface area contributed by atoms with E-state index in [9.17, 15) is 0 Å². The number of pyridine rings is 1. The minimum atomic E-state index is 0.0490. The molecule has 2 aromatic heterocycles. The number of aromatic nitrogens is 1. The van der Waals surface area contributed by atoms with Crippen LogP contribution in [0.15, 0.2) is 59.5 Å². The molecule has 1 N–H and O–H groups in total. The summed E-state index contributed by atoms with van der Waals surface area (Å²) in [5, 5.41) is 5.63. The number of fused-ring (bicyclic) bond motifs is 1. The van der Waals surface area contributed by atoms with Crippen molar-refractivity contribution in [3.05, 3.63) is 66.4 Å². The number of nitrogens with zero attached hydrogens (tertiary/aromatic N) is 1. The van der Waals surface area contributed by atoms with Crippen LogP contribution in [-0.2, 0) is 0 Å². The van der Waals surface area contributed by atoms with Crippen LogP contribution in [0.25, 0.3) is 10.8 Å². The minimum Gasteiger partial charge on any atom is -0.467 e. The molecule has 3 rings (SSSR count). The van der Waals surface area contributed by atoms with Crippen molar-refractivity contribution < 1.29 is 4.42 Å². The molecule has 0 aliphatic carbocycles. The van der Waals surface area contributed by atoms with Crippen molar-refractivity contribution in [2.75, 3.05) is 7.05 Å². The second-order valence-corrected chi connectivity index (χ2v) is 4.18. The predicted octanol–water partition coefficient (Wildman–Crippen LogP) is 3.14. The van der Waals surface area contributed by atoms with Crippen LogP contribution in [0, 0.1) is 0 Å². The van der Waals surface area contributed by atoms with Gasteiger partial charge in [-0.2, -0.15) is 0 Å². The molecule has 0 aliphatic heterocycles. The third kappa shape index (κ3) is 1.79. The van der Waals surface area contributed by atoms with Crippen LogP contribution >= 0.6 is 0 Å². The van der Waals surface area contributed by atoms with Gasteiger partial charge < -0.3 is 9.73 Å². The highest BCUT2D eigenvalue weighted by Gasteiger charge is 2.16. The maximum Gasteiger partial charge on any atom is 0.125 e. The van der Waals surface area contributed by atoms with Gasteiger partial charge >= 0.3 is 0 Å². The molecule has 0 fully saturated rings. The molecule has 0 bridgehead atoms. The predicted molar refractivity (Wildman–Crippen MR) is 71.4 cm³/mol. The van der Waals surface area contributed by atoms with Gasteiger partial charge in [0, 0.05) is 17.8 Å². The quantitative estimate of drug-likeness (QED) is 0.761. The first-order chi connectivity index (χ1) is 8.90. The monoisotopic (exact) mass is 238 g/mol. The van der Waals surface area contributed by atoms with E-state index in [1.165, 1.54) is 10.9 Å². The van der Waals surface area contributed by atoms with Gasteiger partial charge in [-0.3, -0.25) is 4.98 Å². The van der Waals surface area contributed by atoms with Crippen molar-refractivity contribution in [3.63, 3.8) is 0 Å². The van der Waals surface area contributed by atoms with Gasteiger partial charge in [0.2, 0.25) is 0 Å². The lowest BCUT2D eigenvalue weighted by Crippen LogP contribution is -2.17. The highest BCUT2D eigenvalue weighted by molar-refractivity contribution is 5.85. The highest BCUT2D eigenvalue weighted by Crippen LogP contribution is 2.28. The Morgan fingerprint density at radius 3 is 2.89 bits per heavy atom. The van der Waals surface area contributed by atoms with Gasteiger partial charge in [-0.1, -0.05) is 18.2 Å². The third-order valence-electron chi connectivity index (χ3n) is 3.14. The van der Waals surface area contributed by atoms with E-state index in [1.807, 2.05) is 37.6 Å². The van der Waals surface area contributed by atoms with E-state index in [4.69, 9.17) is 4.42 Å². The molecule has 0 aliphatic rings. The van der Waals surface area contributed by atoms with Crippen molar-refractivity contribution in [2.45, 2.75) is 6.04 Å². The van der Waals surface area contributed by atoms with Crippen LogP contribution in [-0.4, -0.2) is 12.0 Å². The molecule has 1 atom stereocenters. The third-order valence-corrected chi connectivity index (χ3v) is 3.14. The first-order valence-electron chi connectivity index (χ1n) is 5.93. The molecule has 2 heterocycles.